The number of carbonyl (C=O) groups is 2. The Morgan fingerprint density at radius 3 is 2.30 bits per heavy atom. The lowest BCUT2D eigenvalue weighted by Crippen LogP contribution is -2.44. The van der Waals surface area contributed by atoms with Gasteiger partial charge in [0.25, 0.3) is 0 Å². The van der Waals surface area contributed by atoms with Crippen molar-refractivity contribution in [2.75, 3.05) is 26.7 Å². The summed E-state index contributed by atoms with van der Waals surface area (Å²) in [4.78, 5) is 23.7. The number of carboxylic acids is 1. The van der Waals surface area contributed by atoms with Crippen LogP contribution < -0.4 is 10.1 Å². The number of rotatable bonds is 7. The molecular weight excluding hydrogens is 372 g/mol. The molecule has 1 heterocycles. The van der Waals surface area contributed by atoms with Gasteiger partial charge in [-0.2, -0.15) is 4.31 Å². The van der Waals surface area contributed by atoms with Crippen LogP contribution in [0.4, 0.5) is 0 Å². The second kappa shape index (κ2) is 7.47. The van der Waals surface area contributed by atoms with Gasteiger partial charge in [-0.25, -0.2) is 8.42 Å². The Morgan fingerprint density at radius 2 is 1.81 bits per heavy atom. The highest BCUT2D eigenvalue weighted by Crippen LogP contribution is 2.45. The van der Waals surface area contributed by atoms with Crippen LogP contribution in [0, 0.1) is 11.3 Å². The zero-order valence-electron chi connectivity index (χ0n) is 15.2. The molecule has 0 bridgehead atoms. The summed E-state index contributed by atoms with van der Waals surface area (Å²) in [6.45, 7) is 0.665. The van der Waals surface area contributed by atoms with Gasteiger partial charge in [0.1, 0.15) is 5.75 Å². The standard InChI is InChI=1S/C18H24N2O6S/c1-26-14-2-4-15(5-3-14)27(24,25)20-10-6-13(7-11-20)16(21)19-12-18(8-9-18)17(22)23/h2-5,13H,6-12H2,1H3,(H,19,21)(H,22,23). The van der Waals surface area contributed by atoms with E-state index in [-0.39, 0.29) is 36.4 Å². The molecule has 2 fully saturated rings. The van der Waals surface area contributed by atoms with E-state index in [1.165, 1.54) is 23.5 Å². The van der Waals surface area contributed by atoms with Crippen LogP contribution in [0.25, 0.3) is 0 Å². The quantitative estimate of drug-likeness (QED) is 0.713. The molecule has 2 N–H and O–H groups in total. The molecule has 1 aromatic carbocycles. The Bertz CT molecular complexity index is 809. The second-order valence-electron chi connectivity index (χ2n) is 7.16. The van der Waals surface area contributed by atoms with Crippen molar-refractivity contribution in [2.45, 2.75) is 30.6 Å². The maximum Gasteiger partial charge on any atom is 0.311 e. The molecule has 1 amide bonds. The summed E-state index contributed by atoms with van der Waals surface area (Å²) in [6, 6.07) is 6.22. The van der Waals surface area contributed by atoms with Gasteiger partial charge in [0.15, 0.2) is 0 Å². The van der Waals surface area contributed by atoms with Gasteiger partial charge < -0.3 is 15.2 Å². The lowest BCUT2D eigenvalue weighted by atomic mass is 9.97. The smallest absolute Gasteiger partial charge is 0.311 e. The molecule has 1 aliphatic carbocycles. The molecule has 0 aromatic heterocycles. The number of hydrogen-bond acceptors (Lipinski definition) is 5. The van der Waals surface area contributed by atoms with Gasteiger partial charge in [-0.05, 0) is 49.9 Å². The molecule has 2 aliphatic rings. The fourth-order valence-corrected chi connectivity index (χ4v) is 4.74. The molecule has 0 spiro atoms. The van der Waals surface area contributed by atoms with E-state index in [0.717, 1.165) is 0 Å². The third-order valence-electron chi connectivity index (χ3n) is 5.43. The summed E-state index contributed by atoms with van der Waals surface area (Å²) >= 11 is 0. The van der Waals surface area contributed by atoms with Crippen molar-refractivity contribution in [3.63, 3.8) is 0 Å². The average molecular weight is 396 g/mol. The summed E-state index contributed by atoms with van der Waals surface area (Å²) in [5.41, 5.74) is -0.798. The molecule has 148 valence electrons. The monoisotopic (exact) mass is 396 g/mol. The van der Waals surface area contributed by atoms with Crippen molar-refractivity contribution >= 4 is 21.9 Å². The first-order chi connectivity index (χ1) is 12.8. The molecular formula is C18H24N2O6S. The maximum atomic E-state index is 12.7. The van der Waals surface area contributed by atoms with Gasteiger partial charge >= 0.3 is 5.97 Å². The number of amides is 1. The number of nitrogens with zero attached hydrogens (tertiary/aromatic N) is 1. The summed E-state index contributed by atoms with van der Waals surface area (Å²) in [6.07, 6.45) is 2.00. The molecule has 8 nitrogen and oxygen atoms in total. The Hall–Kier alpha value is -2.13. The highest BCUT2D eigenvalue weighted by molar-refractivity contribution is 7.89. The first-order valence-electron chi connectivity index (χ1n) is 8.94. The van der Waals surface area contributed by atoms with E-state index in [2.05, 4.69) is 5.32 Å². The van der Waals surface area contributed by atoms with Gasteiger partial charge in [0.05, 0.1) is 17.4 Å². The van der Waals surface area contributed by atoms with Crippen LogP contribution in [0.5, 0.6) is 5.75 Å². The zero-order chi connectivity index (χ0) is 19.7. The molecule has 9 heteroatoms. The lowest BCUT2D eigenvalue weighted by molar-refractivity contribution is -0.143. The van der Waals surface area contributed by atoms with Crippen LogP contribution in [0.15, 0.2) is 29.2 Å². The minimum atomic E-state index is -3.60. The average Bonchev–Trinajstić information content (AvgIpc) is 3.47. The van der Waals surface area contributed by atoms with E-state index in [1.807, 2.05) is 0 Å². The van der Waals surface area contributed by atoms with Crippen LogP contribution in [0.1, 0.15) is 25.7 Å². The summed E-state index contributed by atoms with van der Waals surface area (Å²) in [7, 11) is -2.09. The van der Waals surface area contributed by atoms with E-state index < -0.39 is 21.4 Å². The third kappa shape index (κ3) is 4.08. The number of carbonyl (C=O) groups excluding carboxylic acids is 1. The molecule has 1 aliphatic heterocycles. The van der Waals surface area contributed by atoms with Gasteiger partial charge in [0, 0.05) is 25.6 Å². The predicted molar refractivity (Wildman–Crippen MR) is 96.8 cm³/mol. The van der Waals surface area contributed by atoms with Crippen LogP contribution >= 0.6 is 0 Å². The Labute approximate surface area is 158 Å². The number of sulfonamides is 1. The number of aliphatic carboxylic acids is 1. The first-order valence-corrected chi connectivity index (χ1v) is 10.4. The fourth-order valence-electron chi connectivity index (χ4n) is 3.27. The van der Waals surface area contributed by atoms with Crippen LogP contribution in [0.3, 0.4) is 0 Å². The van der Waals surface area contributed by atoms with Crippen LogP contribution in [-0.4, -0.2) is 56.5 Å². The van der Waals surface area contributed by atoms with E-state index in [9.17, 15) is 18.0 Å². The molecule has 1 saturated carbocycles. The molecule has 27 heavy (non-hydrogen) atoms. The van der Waals surface area contributed by atoms with E-state index >= 15 is 0 Å². The number of benzene rings is 1. The van der Waals surface area contributed by atoms with Gasteiger partial charge in [-0.3, -0.25) is 9.59 Å². The van der Waals surface area contributed by atoms with Gasteiger partial charge in [-0.15, -0.1) is 0 Å². The first kappa shape index (κ1) is 19.6. The normalized spacial score (nSPS) is 20.0. The Kier molecular flexibility index (Phi) is 5.43. The lowest BCUT2D eigenvalue weighted by Gasteiger charge is -2.30. The maximum absolute atomic E-state index is 12.7. The largest absolute Gasteiger partial charge is 0.497 e. The van der Waals surface area contributed by atoms with Crippen molar-refractivity contribution in [3.8, 4) is 5.75 Å². The van der Waals surface area contributed by atoms with E-state index in [4.69, 9.17) is 9.84 Å². The fraction of sp³-hybridized carbons (Fsp3) is 0.556. The van der Waals surface area contributed by atoms with Crippen molar-refractivity contribution in [1.29, 1.82) is 0 Å². The van der Waals surface area contributed by atoms with Crippen LogP contribution in [0.2, 0.25) is 0 Å². The number of hydrogen-bond donors (Lipinski definition) is 2. The van der Waals surface area contributed by atoms with Gasteiger partial charge in [0.2, 0.25) is 15.9 Å². The molecule has 0 unspecified atom stereocenters. The van der Waals surface area contributed by atoms with E-state index in [1.54, 1.807) is 12.1 Å². The number of methoxy groups -OCH3 is 1. The Balaban J connectivity index is 1.54. The summed E-state index contributed by atoms with van der Waals surface area (Å²) < 4.78 is 31.9. The van der Waals surface area contributed by atoms with Crippen molar-refractivity contribution in [2.24, 2.45) is 11.3 Å². The van der Waals surface area contributed by atoms with E-state index in [0.29, 0.717) is 31.4 Å². The Morgan fingerprint density at radius 1 is 1.22 bits per heavy atom. The minimum Gasteiger partial charge on any atom is -0.497 e. The zero-order valence-corrected chi connectivity index (χ0v) is 16.0. The molecule has 0 atom stereocenters. The highest BCUT2D eigenvalue weighted by Gasteiger charge is 2.50. The number of carboxylic acid groups (broad SMARTS) is 1. The summed E-state index contributed by atoms with van der Waals surface area (Å²) in [5.74, 6) is -0.775. The van der Waals surface area contributed by atoms with Crippen molar-refractivity contribution in [3.05, 3.63) is 24.3 Å². The van der Waals surface area contributed by atoms with Gasteiger partial charge in [-0.1, -0.05) is 0 Å². The molecule has 1 saturated heterocycles. The predicted octanol–water partition coefficient (Wildman–Crippen LogP) is 1.08. The number of ether oxygens (including phenoxy) is 1. The van der Waals surface area contributed by atoms with Crippen molar-refractivity contribution < 1.29 is 27.9 Å². The molecule has 0 radical (unpaired) electrons. The second-order valence-corrected chi connectivity index (χ2v) is 9.10. The number of nitrogens with one attached hydrogen (secondary N) is 1. The minimum absolute atomic E-state index is 0.144. The highest BCUT2D eigenvalue weighted by atomic mass is 32.2. The topological polar surface area (TPSA) is 113 Å². The SMILES string of the molecule is COc1ccc(S(=O)(=O)N2CCC(C(=O)NCC3(C(=O)O)CC3)CC2)cc1. The summed E-state index contributed by atoms with van der Waals surface area (Å²) in [5, 5.41) is 11.9. The molecule has 1 aromatic rings. The van der Waals surface area contributed by atoms with Crippen LogP contribution in [-0.2, 0) is 19.6 Å². The molecule has 3 rings (SSSR count). The third-order valence-corrected chi connectivity index (χ3v) is 7.34. The van der Waals surface area contributed by atoms with Crippen molar-refractivity contribution in [1.82, 2.24) is 9.62 Å². The number of piperidine rings is 1.